The Morgan fingerprint density at radius 2 is 1.63 bits per heavy atom. The van der Waals surface area contributed by atoms with E-state index in [0.29, 0.717) is 5.04 Å². The first-order chi connectivity index (χ1) is 8.66. The Balaban J connectivity index is 2.42. The van der Waals surface area contributed by atoms with Crippen molar-refractivity contribution in [3.05, 3.63) is 0 Å². The van der Waals surface area contributed by atoms with Crippen molar-refractivity contribution in [3.8, 4) is 0 Å². The van der Waals surface area contributed by atoms with Gasteiger partial charge in [-0.15, -0.1) is 0 Å². The fraction of sp³-hybridized carbons (Fsp3) is 1.00. The Morgan fingerprint density at radius 3 is 2.00 bits per heavy atom. The molecule has 0 amide bonds. The van der Waals surface area contributed by atoms with Gasteiger partial charge in [0.25, 0.3) is 0 Å². The molecule has 0 aliphatic heterocycles. The van der Waals surface area contributed by atoms with Crippen LogP contribution in [0, 0.1) is 0 Å². The van der Waals surface area contributed by atoms with Crippen LogP contribution in [0.3, 0.4) is 0 Å². The molecule has 1 rings (SSSR count). The number of hydrogen-bond donors (Lipinski definition) is 0. The van der Waals surface area contributed by atoms with Gasteiger partial charge >= 0.3 is 0 Å². The molecule has 0 aromatic rings. The molecule has 1 fully saturated rings. The lowest BCUT2D eigenvalue weighted by Gasteiger charge is -2.39. The molecule has 1 aliphatic rings. The van der Waals surface area contributed by atoms with Gasteiger partial charge in [0, 0.05) is 14.2 Å². The van der Waals surface area contributed by atoms with E-state index in [-0.39, 0.29) is 11.9 Å². The van der Waals surface area contributed by atoms with Crippen molar-refractivity contribution < 1.29 is 13.9 Å². The molecule has 0 spiro atoms. The van der Waals surface area contributed by atoms with Crippen LogP contribution in [-0.2, 0) is 13.9 Å². The Hall–Kier alpha value is 0.0969. The highest BCUT2D eigenvalue weighted by Crippen LogP contribution is 2.50. The Kier molecular flexibility index (Phi) is 5.64. The minimum atomic E-state index is -1.63. The van der Waals surface area contributed by atoms with Crippen molar-refractivity contribution in [2.75, 3.05) is 14.2 Å². The zero-order valence-electron chi connectivity index (χ0n) is 13.8. The molecule has 1 aliphatic carbocycles. The number of rotatable bonds is 8. The van der Waals surface area contributed by atoms with E-state index in [9.17, 15) is 0 Å². The lowest BCUT2D eigenvalue weighted by molar-refractivity contribution is -0.108. The van der Waals surface area contributed by atoms with Crippen LogP contribution in [0.5, 0.6) is 0 Å². The van der Waals surface area contributed by atoms with Gasteiger partial charge in [-0.05, 0) is 50.2 Å². The van der Waals surface area contributed by atoms with E-state index in [0.717, 1.165) is 19.3 Å². The second kappa shape index (κ2) is 6.25. The Labute approximate surface area is 120 Å². The third kappa shape index (κ3) is 4.85. The summed E-state index contributed by atoms with van der Waals surface area (Å²) in [7, 11) is 1.77. The molecule has 19 heavy (non-hydrogen) atoms. The van der Waals surface area contributed by atoms with E-state index >= 15 is 0 Å². The summed E-state index contributed by atoms with van der Waals surface area (Å²) >= 11 is 0. The fourth-order valence-corrected chi connectivity index (χ4v) is 3.85. The minimum absolute atomic E-state index is 0.0660. The molecule has 0 bridgehead atoms. The monoisotopic (exact) mass is 288 g/mol. The van der Waals surface area contributed by atoms with Crippen molar-refractivity contribution in [1.82, 2.24) is 0 Å². The van der Waals surface area contributed by atoms with Gasteiger partial charge in [-0.2, -0.15) is 0 Å². The zero-order chi connectivity index (χ0) is 14.7. The van der Waals surface area contributed by atoms with E-state index in [1.807, 2.05) is 0 Å². The SMILES string of the molecule is COC(CCCC1(O[Si](C)(C)C(C)(C)C)CC1)OC. The second-order valence-corrected chi connectivity index (χ2v) is 12.1. The molecule has 0 unspecified atom stereocenters. The Morgan fingerprint density at radius 1 is 1.11 bits per heavy atom. The molecule has 4 heteroatoms. The van der Waals surface area contributed by atoms with E-state index < -0.39 is 8.32 Å². The van der Waals surface area contributed by atoms with Crippen molar-refractivity contribution in [2.24, 2.45) is 0 Å². The maximum absolute atomic E-state index is 6.61. The smallest absolute Gasteiger partial charge is 0.192 e. The first-order valence-electron chi connectivity index (χ1n) is 7.42. The van der Waals surface area contributed by atoms with Crippen LogP contribution in [0.1, 0.15) is 52.9 Å². The summed E-state index contributed by atoms with van der Waals surface area (Å²) in [6, 6.07) is 0. The molecule has 0 atom stereocenters. The number of ether oxygens (including phenoxy) is 2. The first-order valence-corrected chi connectivity index (χ1v) is 10.3. The van der Waals surface area contributed by atoms with Crippen LogP contribution in [0.25, 0.3) is 0 Å². The van der Waals surface area contributed by atoms with Crippen molar-refractivity contribution >= 4 is 8.32 Å². The molecule has 0 N–H and O–H groups in total. The average molecular weight is 289 g/mol. The highest BCUT2D eigenvalue weighted by atomic mass is 28.4. The van der Waals surface area contributed by atoms with E-state index in [1.165, 1.54) is 12.8 Å². The lowest BCUT2D eigenvalue weighted by Crippen LogP contribution is -2.44. The summed E-state index contributed by atoms with van der Waals surface area (Å²) in [6.07, 6.45) is 5.59. The van der Waals surface area contributed by atoms with Gasteiger partial charge in [-0.25, -0.2) is 0 Å². The molecule has 0 aromatic carbocycles. The third-order valence-electron chi connectivity index (χ3n) is 4.68. The van der Waals surface area contributed by atoms with Gasteiger partial charge in [0.05, 0.1) is 5.60 Å². The maximum Gasteiger partial charge on any atom is 0.192 e. The molecule has 3 nitrogen and oxygen atoms in total. The summed E-state index contributed by atoms with van der Waals surface area (Å²) in [5, 5.41) is 0.296. The van der Waals surface area contributed by atoms with Crippen molar-refractivity contribution in [3.63, 3.8) is 0 Å². The van der Waals surface area contributed by atoms with Crippen molar-refractivity contribution in [1.29, 1.82) is 0 Å². The third-order valence-corrected chi connectivity index (χ3v) is 9.24. The summed E-state index contributed by atoms with van der Waals surface area (Å²) in [5.74, 6) is 0. The minimum Gasteiger partial charge on any atom is -0.411 e. The summed E-state index contributed by atoms with van der Waals surface area (Å²) in [4.78, 5) is 0. The lowest BCUT2D eigenvalue weighted by atomic mass is 10.1. The predicted octanol–water partition coefficient (Wildman–Crippen LogP) is 4.33. The molecule has 0 radical (unpaired) electrons. The summed E-state index contributed by atoms with van der Waals surface area (Å²) < 4.78 is 17.1. The van der Waals surface area contributed by atoms with Gasteiger partial charge in [0.2, 0.25) is 0 Å². The molecule has 0 heterocycles. The van der Waals surface area contributed by atoms with Crippen LogP contribution in [0.2, 0.25) is 18.1 Å². The summed E-state index contributed by atoms with van der Waals surface area (Å²) in [6.45, 7) is 11.6. The van der Waals surface area contributed by atoms with Gasteiger partial charge in [0.1, 0.15) is 0 Å². The second-order valence-electron chi connectivity index (χ2n) is 7.34. The van der Waals surface area contributed by atoms with Crippen LogP contribution in [-0.4, -0.2) is 34.4 Å². The Bertz CT molecular complexity index is 276. The number of hydrogen-bond acceptors (Lipinski definition) is 3. The van der Waals surface area contributed by atoms with E-state index in [1.54, 1.807) is 14.2 Å². The van der Waals surface area contributed by atoms with Gasteiger partial charge in [-0.3, -0.25) is 0 Å². The molecule has 114 valence electrons. The molecule has 0 saturated heterocycles. The number of methoxy groups -OCH3 is 2. The molecule has 1 saturated carbocycles. The molecular weight excluding hydrogens is 256 g/mol. The summed E-state index contributed by atoms with van der Waals surface area (Å²) in [5.41, 5.74) is 0.176. The van der Waals surface area contributed by atoms with Crippen LogP contribution < -0.4 is 0 Å². The first kappa shape index (κ1) is 17.1. The predicted molar refractivity (Wildman–Crippen MR) is 81.9 cm³/mol. The maximum atomic E-state index is 6.61. The quantitative estimate of drug-likeness (QED) is 0.491. The zero-order valence-corrected chi connectivity index (χ0v) is 14.8. The van der Waals surface area contributed by atoms with Crippen LogP contribution in [0.4, 0.5) is 0 Å². The highest BCUT2D eigenvalue weighted by Gasteiger charge is 2.50. The highest BCUT2D eigenvalue weighted by molar-refractivity contribution is 6.74. The van der Waals surface area contributed by atoms with Gasteiger partial charge in [-0.1, -0.05) is 20.8 Å². The molecular formula is C15H32O3Si. The van der Waals surface area contributed by atoms with Crippen molar-refractivity contribution in [2.45, 2.75) is 82.9 Å². The fourth-order valence-electron chi connectivity index (χ4n) is 2.16. The average Bonchev–Trinajstić information content (AvgIpc) is 3.02. The standard InChI is InChI=1S/C15H32O3Si/c1-14(2,3)19(6,7)18-15(11-12-15)10-8-9-13(16-4)17-5/h13H,8-12H2,1-7H3. The topological polar surface area (TPSA) is 27.7 Å². The van der Waals surface area contributed by atoms with E-state index in [2.05, 4.69) is 33.9 Å². The van der Waals surface area contributed by atoms with Crippen LogP contribution in [0.15, 0.2) is 0 Å². The largest absolute Gasteiger partial charge is 0.411 e. The normalized spacial score (nSPS) is 18.9. The van der Waals surface area contributed by atoms with Crippen LogP contribution >= 0.6 is 0 Å². The van der Waals surface area contributed by atoms with E-state index in [4.69, 9.17) is 13.9 Å². The van der Waals surface area contributed by atoms with Gasteiger partial charge in [0.15, 0.2) is 14.6 Å². The van der Waals surface area contributed by atoms with Gasteiger partial charge < -0.3 is 13.9 Å². The molecule has 0 aromatic heterocycles.